The summed E-state index contributed by atoms with van der Waals surface area (Å²) in [4.78, 5) is 21.2. The molecule has 4 N–H and O–H groups in total. The molecule has 0 atom stereocenters. The number of benzene rings is 1. The molecule has 0 radical (unpaired) electrons. The summed E-state index contributed by atoms with van der Waals surface area (Å²) < 4.78 is 0. The first-order chi connectivity index (χ1) is 13.2. The molecule has 6 heteroatoms. The second-order valence-electron chi connectivity index (χ2n) is 6.63. The lowest BCUT2D eigenvalue weighted by molar-refractivity contribution is 0.0788. The van der Waals surface area contributed by atoms with Crippen LogP contribution in [-0.4, -0.2) is 52.5 Å². The molecular weight excluding hydrogens is 340 g/mol. The minimum absolute atomic E-state index is 0.170. The van der Waals surface area contributed by atoms with E-state index in [2.05, 4.69) is 26.7 Å². The van der Waals surface area contributed by atoms with Crippen molar-refractivity contribution in [2.24, 2.45) is 5.73 Å². The second kappa shape index (κ2) is 8.90. The SMILES string of the molecule is CN.O=Cc1ccc(-c2c(CN3CCC(O)CC3)[nH]c3ncccc23)cc1. The predicted octanol–water partition coefficient (Wildman–Crippen LogP) is 2.57. The van der Waals surface area contributed by atoms with E-state index in [4.69, 9.17) is 0 Å². The van der Waals surface area contributed by atoms with Gasteiger partial charge in [-0.1, -0.05) is 24.3 Å². The number of piperidine rings is 1. The van der Waals surface area contributed by atoms with Gasteiger partial charge in [-0.15, -0.1) is 0 Å². The number of aldehydes is 1. The molecule has 1 saturated heterocycles. The smallest absolute Gasteiger partial charge is 0.150 e. The summed E-state index contributed by atoms with van der Waals surface area (Å²) in [5.74, 6) is 0. The Bertz CT molecular complexity index is 881. The number of H-pyrrole nitrogens is 1. The summed E-state index contributed by atoms with van der Waals surface area (Å²) in [7, 11) is 1.50. The summed E-state index contributed by atoms with van der Waals surface area (Å²) in [5, 5.41) is 10.8. The van der Waals surface area contributed by atoms with Gasteiger partial charge in [0.25, 0.3) is 0 Å². The Morgan fingerprint density at radius 1 is 1.22 bits per heavy atom. The maximum absolute atomic E-state index is 10.9. The van der Waals surface area contributed by atoms with E-state index in [9.17, 15) is 9.90 Å². The van der Waals surface area contributed by atoms with E-state index in [1.165, 1.54) is 7.05 Å². The van der Waals surface area contributed by atoms with Gasteiger partial charge in [0.05, 0.1) is 6.10 Å². The minimum atomic E-state index is -0.170. The van der Waals surface area contributed by atoms with Crippen LogP contribution in [0.25, 0.3) is 22.2 Å². The second-order valence-corrected chi connectivity index (χ2v) is 6.63. The van der Waals surface area contributed by atoms with Gasteiger partial charge in [0.1, 0.15) is 11.9 Å². The molecule has 1 aromatic carbocycles. The molecule has 142 valence electrons. The summed E-state index contributed by atoms with van der Waals surface area (Å²) >= 11 is 0. The van der Waals surface area contributed by atoms with Crippen molar-refractivity contribution in [1.82, 2.24) is 14.9 Å². The molecular formula is C21H26N4O2. The van der Waals surface area contributed by atoms with Crippen LogP contribution in [0.3, 0.4) is 0 Å². The van der Waals surface area contributed by atoms with Crippen LogP contribution in [0.2, 0.25) is 0 Å². The van der Waals surface area contributed by atoms with Crippen molar-refractivity contribution in [2.75, 3.05) is 20.1 Å². The number of pyridine rings is 1. The highest BCUT2D eigenvalue weighted by Crippen LogP contribution is 2.33. The quantitative estimate of drug-likeness (QED) is 0.617. The van der Waals surface area contributed by atoms with E-state index in [0.717, 1.165) is 66.6 Å². The number of hydrogen-bond donors (Lipinski definition) is 3. The van der Waals surface area contributed by atoms with Crippen LogP contribution in [0, 0.1) is 0 Å². The van der Waals surface area contributed by atoms with Crippen LogP contribution < -0.4 is 5.73 Å². The zero-order valence-electron chi connectivity index (χ0n) is 15.6. The molecule has 3 heterocycles. The Balaban J connectivity index is 0.00000102. The van der Waals surface area contributed by atoms with Crippen molar-refractivity contribution >= 4 is 17.3 Å². The Morgan fingerprint density at radius 2 is 1.93 bits per heavy atom. The molecule has 3 aromatic rings. The van der Waals surface area contributed by atoms with Crippen molar-refractivity contribution in [1.29, 1.82) is 0 Å². The molecule has 1 aliphatic rings. The standard InChI is InChI=1S/C20H21N3O2.CH5N/c24-13-14-3-5-15(6-4-14)19-17-2-1-9-21-20(17)22-18(19)12-23-10-7-16(25)8-11-23;1-2/h1-6,9,13,16,25H,7-8,10-12H2,(H,21,22);2H2,1H3. The zero-order valence-corrected chi connectivity index (χ0v) is 15.6. The van der Waals surface area contributed by atoms with Crippen molar-refractivity contribution in [3.63, 3.8) is 0 Å². The average Bonchev–Trinajstić information content (AvgIpc) is 3.09. The number of nitrogens with zero attached hydrogens (tertiary/aromatic N) is 2. The first kappa shape index (κ1) is 19.2. The van der Waals surface area contributed by atoms with Gasteiger partial charge in [-0.05, 0) is 37.6 Å². The molecule has 1 aliphatic heterocycles. The first-order valence-electron chi connectivity index (χ1n) is 9.24. The number of carbonyl (C=O) groups is 1. The summed E-state index contributed by atoms with van der Waals surface area (Å²) in [6.45, 7) is 2.59. The number of rotatable bonds is 4. The molecule has 0 aliphatic carbocycles. The molecule has 0 bridgehead atoms. The van der Waals surface area contributed by atoms with Crippen LogP contribution in [-0.2, 0) is 6.54 Å². The van der Waals surface area contributed by atoms with Gasteiger partial charge in [-0.3, -0.25) is 9.69 Å². The fourth-order valence-corrected chi connectivity index (χ4v) is 3.55. The Kier molecular flexibility index (Phi) is 6.34. The van der Waals surface area contributed by atoms with E-state index < -0.39 is 0 Å². The highest BCUT2D eigenvalue weighted by molar-refractivity contribution is 5.96. The number of aliphatic hydroxyl groups is 1. The fourth-order valence-electron chi connectivity index (χ4n) is 3.55. The van der Waals surface area contributed by atoms with Gasteiger partial charge in [-0.25, -0.2) is 4.98 Å². The number of aromatic amines is 1. The molecule has 0 saturated carbocycles. The monoisotopic (exact) mass is 366 g/mol. The minimum Gasteiger partial charge on any atom is -0.393 e. The Hall–Kier alpha value is -2.54. The van der Waals surface area contributed by atoms with Crippen molar-refractivity contribution in [2.45, 2.75) is 25.5 Å². The number of aromatic nitrogens is 2. The fraction of sp³-hybridized carbons (Fsp3) is 0.333. The number of carbonyl (C=O) groups excluding carboxylic acids is 1. The number of fused-ring (bicyclic) bond motifs is 1. The summed E-state index contributed by atoms with van der Waals surface area (Å²) in [6.07, 6.45) is 4.12. The molecule has 0 spiro atoms. The topological polar surface area (TPSA) is 95.2 Å². The summed E-state index contributed by atoms with van der Waals surface area (Å²) in [6, 6.07) is 11.7. The third-order valence-electron chi connectivity index (χ3n) is 4.92. The normalized spacial score (nSPS) is 15.4. The van der Waals surface area contributed by atoms with E-state index in [1.807, 2.05) is 30.3 Å². The lowest BCUT2D eigenvalue weighted by Crippen LogP contribution is -2.35. The largest absolute Gasteiger partial charge is 0.393 e. The van der Waals surface area contributed by atoms with Crippen molar-refractivity contribution < 1.29 is 9.90 Å². The van der Waals surface area contributed by atoms with Gasteiger partial charge < -0.3 is 15.8 Å². The van der Waals surface area contributed by atoms with E-state index in [-0.39, 0.29) is 6.10 Å². The molecule has 27 heavy (non-hydrogen) atoms. The number of nitrogens with one attached hydrogen (secondary N) is 1. The highest BCUT2D eigenvalue weighted by atomic mass is 16.3. The number of hydrogen-bond acceptors (Lipinski definition) is 5. The molecule has 1 fully saturated rings. The molecule has 6 nitrogen and oxygen atoms in total. The molecule has 0 amide bonds. The molecule has 2 aromatic heterocycles. The Labute approximate surface area is 159 Å². The van der Waals surface area contributed by atoms with Crippen LogP contribution >= 0.6 is 0 Å². The van der Waals surface area contributed by atoms with E-state index in [0.29, 0.717) is 5.56 Å². The lowest BCUT2D eigenvalue weighted by Gasteiger charge is -2.29. The first-order valence-corrected chi connectivity index (χ1v) is 9.24. The molecule has 4 rings (SSSR count). The van der Waals surface area contributed by atoms with Crippen LogP contribution in [0.1, 0.15) is 28.9 Å². The number of likely N-dealkylation sites (tertiary alicyclic amines) is 1. The van der Waals surface area contributed by atoms with Crippen molar-refractivity contribution in [3.8, 4) is 11.1 Å². The average molecular weight is 366 g/mol. The van der Waals surface area contributed by atoms with Gasteiger partial charge in [0.15, 0.2) is 0 Å². The zero-order chi connectivity index (χ0) is 19.2. The number of nitrogens with two attached hydrogens (primary N) is 1. The van der Waals surface area contributed by atoms with E-state index in [1.54, 1.807) is 6.20 Å². The molecule has 0 unspecified atom stereocenters. The maximum atomic E-state index is 10.9. The van der Waals surface area contributed by atoms with Crippen LogP contribution in [0.4, 0.5) is 0 Å². The van der Waals surface area contributed by atoms with Gasteiger partial charge in [0.2, 0.25) is 0 Å². The highest BCUT2D eigenvalue weighted by Gasteiger charge is 2.20. The Morgan fingerprint density at radius 3 is 2.59 bits per heavy atom. The van der Waals surface area contributed by atoms with Crippen molar-refractivity contribution in [3.05, 3.63) is 53.9 Å². The van der Waals surface area contributed by atoms with Crippen LogP contribution in [0.5, 0.6) is 0 Å². The van der Waals surface area contributed by atoms with Gasteiger partial charge in [0, 0.05) is 48.0 Å². The van der Waals surface area contributed by atoms with Crippen LogP contribution in [0.15, 0.2) is 42.6 Å². The third-order valence-corrected chi connectivity index (χ3v) is 4.92. The van der Waals surface area contributed by atoms with Gasteiger partial charge in [-0.2, -0.15) is 0 Å². The third kappa shape index (κ3) is 4.24. The summed E-state index contributed by atoms with van der Waals surface area (Å²) in [5.41, 5.74) is 9.41. The number of aliphatic hydroxyl groups excluding tert-OH is 1. The van der Waals surface area contributed by atoms with Gasteiger partial charge >= 0.3 is 0 Å². The lowest BCUT2D eigenvalue weighted by atomic mass is 10.0. The van der Waals surface area contributed by atoms with E-state index >= 15 is 0 Å². The maximum Gasteiger partial charge on any atom is 0.150 e. The predicted molar refractivity (Wildman–Crippen MR) is 108 cm³/mol.